The van der Waals surface area contributed by atoms with Crippen molar-refractivity contribution in [2.24, 2.45) is 0 Å². The van der Waals surface area contributed by atoms with Crippen LogP contribution in [0.2, 0.25) is 0 Å². The Morgan fingerprint density at radius 1 is 0.900 bits per heavy atom. The van der Waals surface area contributed by atoms with Gasteiger partial charge in [-0.3, -0.25) is 9.69 Å². The molecule has 0 unspecified atom stereocenters. The molecule has 5 nitrogen and oxygen atoms in total. The molecule has 0 atom stereocenters. The fourth-order valence-corrected chi connectivity index (χ4v) is 5.28. The van der Waals surface area contributed by atoms with E-state index < -0.39 is 0 Å². The van der Waals surface area contributed by atoms with Crippen molar-refractivity contribution in [2.45, 2.75) is 50.7 Å². The monoisotopic (exact) mass is 404 g/mol. The molecular formula is C25H32N4O. The minimum absolute atomic E-state index is 0.147. The molecule has 2 fully saturated rings. The van der Waals surface area contributed by atoms with Crippen molar-refractivity contribution in [1.29, 1.82) is 0 Å². The van der Waals surface area contributed by atoms with Gasteiger partial charge in [-0.1, -0.05) is 36.4 Å². The van der Waals surface area contributed by atoms with Crippen LogP contribution < -0.4 is 15.5 Å². The third-order valence-corrected chi connectivity index (χ3v) is 7.04. The summed E-state index contributed by atoms with van der Waals surface area (Å²) in [6.45, 7) is 5.98. The van der Waals surface area contributed by atoms with Crippen LogP contribution in [0.3, 0.4) is 0 Å². The summed E-state index contributed by atoms with van der Waals surface area (Å²) in [6.07, 6.45) is 5.13. The van der Waals surface area contributed by atoms with Gasteiger partial charge in [-0.05, 0) is 48.9 Å². The van der Waals surface area contributed by atoms with Gasteiger partial charge in [0.05, 0.1) is 0 Å². The van der Waals surface area contributed by atoms with Crippen molar-refractivity contribution >= 4 is 17.3 Å². The van der Waals surface area contributed by atoms with Crippen LogP contribution in [-0.4, -0.2) is 42.5 Å². The molecule has 158 valence electrons. The van der Waals surface area contributed by atoms with Crippen molar-refractivity contribution in [2.75, 3.05) is 36.4 Å². The number of hydrogen-bond acceptors (Lipinski definition) is 4. The maximum Gasteiger partial charge on any atom is 0.222 e. The summed E-state index contributed by atoms with van der Waals surface area (Å²) in [5, 5.41) is 6.89. The number of benzene rings is 2. The summed E-state index contributed by atoms with van der Waals surface area (Å²) in [6, 6.07) is 17.3. The van der Waals surface area contributed by atoms with Gasteiger partial charge in [0.1, 0.15) is 0 Å². The number of anilines is 2. The molecule has 5 heteroatoms. The molecule has 1 spiro atoms. The van der Waals surface area contributed by atoms with Gasteiger partial charge in [0.25, 0.3) is 0 Å². The number of rotatable bonds is 3. The van der Waals surface area contributed by atoms with Gasteiger partial charge >= 0.3 is 0 Å². The number of para-hydroxylation sites is 2. The smallest absolute Gasteiger partial charge is 0.222 e. The Morgan fingerprint density at radius 2 is 1.63 bits per heavy atom. The van der Waals surface area contributed by atoms with Crippen LogP contribution in [-0.2, 0) is 17.9 Å². The van der Waals surface area contributed by atoms with E-state index in [9.17, 15) is 4.79 Å². The molecule has 2 N–H and O–H groups in total. The summed E-state index contributed by atoms with van der Waals surface area (Å²) in [4.78, 5) is 17.6. The van der Waals surface area contributed by atoms with Crippen LogP contribution in [0.5, 0.6) is 0 Å². The van der Waals surface area contributed by atoms with E-state index in [0.717, 1.165) is 32.5 Å². The fourth-order valence-electron chi connectivity index (χ4n) is 5.28. The van der Waals surface area contributed by atoms with Gasteiger partial charge in [0.2, 0.25) is 5.91 Å². The highest BCUT2D eigenvalue weighted by Gasteiger charge is 2.38. The molecule has 0 aromatic heterocycles. The van der Waals surface area contributed by atoms with E-state index in [1.807, 2.05) is 6.07 Å². The second kappa shape index (κ2) is 8.31. The van der Waals surface area contributed by atoms with Gasteiger partial charge in [-0.2, -0.15) is 0 Å². The number of amides is 1. The zero-order valence-corrected chi connectivity index (χ0v) is 17.7. The Morgan fingerprint density at radius 3 is 2.47 bits per heavy atom. The third-order valence-electron chi connectivity index (χ3n) is 7.04. The molecule has 3 aliphatic heterocycles. The second-order valence-electron chi connectivity index (χ2n) is 9.11. The summed E-state index contributed by atoms with van der Waals surface area (Å²) >= 11 is 0. The molecule has 2 aromatic carbocycles. The standard InChI is InChI=1S/C25H32N4O/c30-24-17-25(27-22-9-3-1-7-20(22)18-26-24)11-15-28(16-12-25)19-21-8-2-4-10-23(21)29-13-5-6-14-29/h1-4,7-10,27H,5-6,11-19H2,(H,26,30). The average molecular weight is 405 g/mol. The van der Waals surface area contributed by atoms with E-state index >= 15 is 0 Å². The van der Waals surface area contributed by atoms with Crippen molar-refractivity contribution in [3.05, 3.63) is 59.7 Å². The van der Waals surface area contributed by atoms with Crippen LogP contribution in [0.25, 0.3) is 0 Å². The van der Waals surface area contributed by atoms with Crippen molar-refractivity contribution in [1.82, 2.24) is 10.2 Å². The highest BCUT2D eigenvalue weighted by Crippen LogP contribution is 2.34. The van der Waals surface area contributed by atoms with Crippen molar-refractivity contribution in [3.8, 4) is 0 Å². The fraction of sp³-hybridized carbons (Fsp3) is 0.480. The molecule has 0 radical (unpaired) electrons. The number of nitrogens with one attached hydrogen (secondary N) is 2. The largest absolute Gasteiger partial charge is 0.379 e. The topological polar surface area (TPSA) is 47.6 Å². The number of hydrogen-bond donors (Lipinski definition) is 2. The van der Waals surface area contributed by atoms with Gasteiger partial charge < -0.3 is 15.5 Å². The normalized spacial score (nSPS) is 21.5. The predicted octanol–water partition coefficient (Wildman–Crippen LogP) is 3.75. The zero-order chi connectivity index (χ0) is 20.4. The Hall–Kier alpha value is -2.53. The summed E-state index contributed by atoms with van der Waals surface area (Å²) in [7, 11) is 0. The lowest BCUT2D eigenvalue weighted by Gasteiger charge is -2.44. The second-order valence-corrected chi connectivity index (χ2v) is 9.11. The highest BCUT2D eigenvalue weighted by molar-refractivity contribution is 5.79. The Bertz CT molecular complexity index is 898. The number of piperidine rings is 1. The van der Waals surface area contributed by atoms with Crippen molar-refractivity contribution < 1.29 is 4.79 Å². The van der Waals surface area contributed by atoms with E-state index in [1.165, 1.54) is 48.4 Å². The average Bonchev–Trinajstić information content (AvgIpc) is 3.29. The number of likely N-dealkylation sites (tertiary alicyclic amines) is 1. The summed E-state index contributed by atoms with van der Waals surface area (Å²) in [5.74, 6) is 0.157. The molecule has 5 rings (SSSR count). The number of carbonyl (C=O) groups excluding carboxylic acids is 1. The van der Waals surface area contributed by atoms with Crippen LogP contribution in [0.15, 0.2) is 48.5 Å². The molecule has 2 aromatic rings. The SMILES string of the molecule is O=C1CC2(CCN(Cc3ccccc3N3CCCC3)CC2)Nc2ccccc2CN1. The molecule has 2 saturated heterocycles. The first-order valence-electron chi connectivity index (χ1n) is 11.4. The van der Waals surface area contributed by atoms with Crippen LogP contribution in [0.4, 0.5) is 11.4 Å². The number of nitrogens with zero attached hydrogens (tertiary/aromatic N) is 2. The Balaban J connectivity index is 1.29. The first-order chi connectivity index (χ1) is 14.7. The minimum Gasteiger partial charge on any atom is -0.379 e. The van der Waals surface area contributed by atoms with Crippen LogP contribution in [0, 0.1) is 0 Å². The lowest BCUT2D eigenvalue weighted by Crippen LogP contribution is -2.52. The molecule has 0 bridgehead atoms. The third kappa shape index (κ3) is 4.04. The first kappa shape index (κ1) is 19.4. The molecule has 3 aliphatic rings. The molecule has 3 heterocycles. The Labute approximate surface area is 179 Å². The van der Waals surface area contributed by atoms with Gasteiger partial charge in [-0.25, -0.2) is 0 Å². The Kier molecular flexibility index (Phi) is 5.38. The van der Waals surface area contributed by atoms with E-state index in [4.69, 9.17) is 0 Å². The lowest BCUT2D eigenvalue weighted by molar-refractivity contribution is -0.122. The first-order valence-corrected chi connectivity index (χ1v) is 11.4. The number of carbonyl (C=O) groups is 1. The minimum atomic E-state index is -0.147. The quantitative estimate of drug-likeness (QED) is 0.818. The molecule has 1 amide bonds. The zero-order valence-electron chi connectivity index (χ0n) is 17.7. The van der Waals surface area contributed by atoms with E-state index in [0.29, 0.717) is 13.0 Å². The highest BCUT2D eigenvalue weighted by atomic mass is 16.1. The van der Waals surface area contributed by atoms with Gasteiger partial charge in [0.15, 0.2) is 0 Å². The number of fused-ring (bicyclic) bond motifs is 1. The van der Waals surface area contributed by atoms with E-state index in [2.05, 4.69) is 62.9 Å². The molecule has 30 heavy (non-hydrogen) atoms. The van der Waals surface area contributed by atoms with E-state index in [1.54, 1.807) is 0 Å². The lowest BCUT2D eigenvalue weighted by atomic mass is 9.82. The maximum atomic E-state index is 12.5. The maximum absolute atomic E-state index is 12.5. The van der Waals surface area contributed by atoms with E-state index in [-0.39, 0.29) is 11.4 Å². The van der Waals surface area contributed by atoms with Crippen LogP contribution >= 0.6 is 0 Å². The summed E-state index contributed by atoms with van der Waals surface area (Å²) in [5.41, 5.74) is 5.04. The van der Waals surface area contributed by atoms with Gasteiger partial charge in [-0.15, -0.1) is 0 Å². The molecular weight excluding hydrogens is 372 g/mol. The van der Waals surface area contributed by atoms with Gasteiger partial charge in [0, 0.05) is 62.6 Å². The molecule has 0 aliphatic carbocycles. The summed E-state index contributed by atoms with van der Waals surface area (Å²) < 4.78 is 0. The van der Waals surface area contributed by atoms with Crippen LogP contribution in [0.1, 0.15) is 43.2 Å². The predicted molar refractivity (Wildman–Crippen MR) is 122 cm³/mol. The molecule has 0 saturated carbocycles. The van der Waals surface area contributed by atoms with Crippen molar-refractivity contribution in [3.63, 3.8) is 0 Å².